The molecule has 0 spiro atoms. The van der Waals surface area contributed by atoms with Crippen molar-refractivity contribution in [3.63, 3.8) is 0 Å². The zero-order valence-electron chi connectivity index (χ0n) is 11.6. The van der Waals surface area contributed by atoms with E-state index in [1.54, 1.807) is 0 Å². The number of nitrogens with one attached hydrogen (secondary N) is 1. The Morgan fingerprint density at radius 1 is 1.38 bits per heavy atom. The number of aromatic nitrogens is 1. The van der Waals surface area contributed by atoms with Crippen LogP contribution in [0.25, 0.3) is 0 Å². The maximum Gasteiger partial charge on any atom is 0.417 e. The second kappa shape index (κ2) is 6.17. The summed E-state index contributed by atoms with van der Waals surface area (Å²) in [5.74, 6) is -1.60. The zero-order valence-corrected chi connectivity index (χ0v) is 11.6. The molecule has 1 unspecified atom stereocenters. The Kier molecular flexibility index (Phi) is 5.00. The normalized spacial score (nSPS) is 14.4. The molecule has 1 heterocycles. The smallest absolute Gasteiger partial charge is 0.417 e. The lowest BCUT2D eigenvalue weighted by atomic mass is 10.0. The molecule has 1 atom stereocenters. The first kappa shape index (κ1) is 17.0. The molecule has 118 valence electrons. The minimum atomic E-state index is -4.97. The van der Waals surface area contributed by atoms with Crippen LogP contribution in [0.15, 0.2) is 12.3 Å². The van der Waals surface area contributed by atoms with Crippen molar-refractivity contribution in [3.8, 4) is 11.5 Å². The fraction of sp³-hybridized carbons (Fsp3) is 0.500. The molecule has 1 aromatic heterocycles. The van der Waals surface area contributed by atoms with Crippen LogP contribution in [0.3, 0.4) is 0 Å². The van der Waals surface area contributed by atoms with Crippen LogP contribution >= 0.6 is 0 Å². The summed E-state index contributed by atoms with van der Waals surface area (Å²) < 4.78 is 48.6. The van der Waals surface area contributed by atoms with E-state index < -0.39 is 24.2 Å². The predicted octanol–water partition coefficient (Wildman–Crippen LogP) is 1.59. The Hall–Kier alpha value is -2.03. The molecule has 6 nitrogen and oxygen atoms in total. The Morgan fingerprint density at radius 3 is 2.43 bits per heavy atom. The van der Waals surface area contributed by atoms with Crippen molar-refractivity contribution in [2.24, 2.45) is 0 Å². The van der Waals surface area contributed by atoms with Gasteiger partial charge in [0, 0.05) is 18.8 Å². The fourth-order valence-electron chi connectivity index (χ4n) is 1.53. The average Bonchev–Trinajstić information content (AvgIpc) is 2.42. The number of methoxy groups -OCH3 is 2. The molecule has 1 aromatic rings. The van der Waals surface area contributed by atoms with Crippen molar-refractivity contribution in [2.75, 3.05) is 14.2 Å². The van der Waals surface area contributed by atoms with Crippen molar-refractivity contribution in [1.29, 1.82) is 0 Å². The van der Waals surface area contributed by atoms with Gasteiger partial charge in [-0.15, -0.1) is 0 Å². The number of halogens is 3. The molecule has 0 fully saturated rings. The van der Waals surface area contributed by atoms with Crippen LogP contribution in [-0.2, 0) is 11.3 Å². The number of pyridine rings is 1. The van der Waals surface area contributed by atoms with E-state index in [-0.39, 0.29) is 17.2 Å². The summed E-state index contributed by atoms with van der Waals surface area (Å²) >= 11 is 0. The highest BCUT2D eigenvalue weighted by atomic mass is 19.4. The first-order valence-corrected chi connectivity index (χ1v) is 5.78. The SMILES string of the molecule is COc1ccnc(CNC(C)(C(=O)O)C(F)(F)F)c1OC. The maximum absolute atomic E-state index is 12.9. The van der Waals surface area contributed by atoms with Gasteiger partial charge in [-0.3, -0.25) is 10.3 Å². The van der Waals surface area contributed by atoms with Gasteiger partial charge in [-0.2, -0.15) is 13.2 Å². The van der Waals surface area contributed by atoms with Crippen LogP contribution in [0.1, 0.15) is 12.6 Å². The summed E-state index contributed by atoms with van der Waals surface area (Å²) in [6.45, 7) is 0.0880. The number of alkyl halides is 3. The second-order valence-corrected chi connectivity index (χ2v) is 4.27. The lowest BCUT2D eigenvalue weighted by Crippen LogP contribution is -2.59. The van der Waals surface area contributed by atoms with Gasteiger partial charge >= 0.3 is 12.1 Å². The number of aliphatic carboxylic acids is 1. The lowest BCUT2D eigenvalue weighted by molar-refractivity contribution is -0.206. The standard InChI is InChI=1S/C12H15F3N2O4/c1-11(10(18)19,12(13,14)15)17-6-7-9(21-3)8(20-2)4-5-16-7/h4-5,17H,6H2,1-3H3,(H,18,19). The zero-order chi connectivity index (χ0) is 16.3. The summed E-state index contributed by atoms with van der Waals surface area (Å²) in [6.07, 6.45) is -3.64. The van der Waals surface area contributed by atoms with Gasteiger partial charge in [0.15, 0.2) is 11.5 Å². The summed E-state index contributed by atoms with van der Waals surface area (Å²) in [6, 6.07) is 1.47. The Labute approximate surface area is 118 Å². The molecule has 0 radical (unpaired) electrons. The third-order valence-electron chi connectivity index (χ3n) is 2.97. The lowest BCUT2D eigenvalue weighted by Gasteiger charge is -2.28. The van der Waals surface area contributed by atoms with Crippen LogP contribution in [0.2, 0.25) is 0 Å². The number of hydrogen-bond acceptors (Lipinski definition) is 5. The highest BCUT2D eigenvalue weighted by Gasteiger charge is 2.57. The molecule has 0 aromatic carbocycles. The van der Waals surface area contributed by atoms with Gasteiger partial charge in [0.1, 0.15) is 0 Å². The third kappa shape index (κ3) is 3.35. The van der Waals surface area contributed by atoms with E-state index in [1.165, 1.54) is 26.5 Å². The maximum atomic E-state index is 12.9. The van der Waals surface area contributed by atoms with Gasteiger partial charge < -0.3 is 14.6 Å². The van der Waals surface area contributed by atoms with Crippen LogP contribution in [-0.4, -0.2) is 42.0 Å². The second-order valence-electron chi connectivity index (χ2n) is 4.27. The van der Waals surface area contributed by atoms with Gasteiger partial charge in [0.2, 0.25) is 5.54 Å². The Bertz CT molecular complexity index is 522. The molecule has 21 heavy (non-hydrogen) atoms. The van der Waals surface area contributed by atoms with Gasteiger partial charge in [-0.1, -0.05) is 0 Å². The van der Waals surface area contributed by atoms with Gasteiger partial charge in [0.25, 0.3) is 0 Å². The van der Waals surface area contributed by atoms with E-state index in [2.05, 4.69) is 4.98 Å². The summed E-state index contributed by atoms with van der Waals surface area (Å²) in [5.41, 5.74) is -2.99. The number of carboxylic acids is 1. The van der Waals surface area contributed by atoms with Crippen LogP contribution < -0.4 is 14.8 Å². The van der Waals surface area contributed by atoms with Crippen LogP contribution in [0.5, 0.6) is 11.5 Å². The third-order valence-corrected chi connectivity index (χ3v) is 2.97. The number of ether oxygens (including phenoxy) is 2. The largest absolute Gasteiger partial charge is 0.493 e. The van der Waals surface area contributed by atoms with Crippen molar-refractivity contribution < 1.29 is 32.5 Å². The number of hydrogen-bond donors (Lipinski definition) is 2. The predicted molar refractivity (Wildman–Crippen MR) is 66.3 cm³/mol. The molecule has 0 bridgehead atoms. The molecule has 0 aliphatic heterocycles. The van der Waals surface area contributed by atoms with Crippen molar-refractivity contribution in [2.45, 2.75) is 25.2 Å². The average molecular weight is 308 g/mol. The molecule has 0 aliphatic carbocycles. The molecule has 2 N–H and O–H groups in total. The molecular weight excluding hydrogens is 293 g/mol. The molecule has 0 amide bonds. The number of carboxylic acid groups (broad SMARTS) is 1. The Balaban J connectivity index is 3.05. The van der Waals surface area contributed by atoms with E-state index in [4.69, 9.17) is 14.6 Å². The highest BCUT2D eigenvalue weighted by molar-refractivity contribution is 5.79. The monoisotopic (exact) mass is 308 g/mol. The van der Waals surface area contributed by atoms with E-state index in [9.17, 15) is 18.0 Å². The fourth-order valence-corrected chi connectivity index (χ4v) is 1.53. The van der Waals surface area contributed by atoms with Gasteiger partial charge in [-0.05, 0) is 6.92 Å². The van der Waals surface area contributed by atoms with E-state index in [1.807, 2.05) is 5.32 Å². The van der Waals surface area contributed by atoms with Crippen molar-refractivity contribution in [3.05, 3.63) is 18.0 Å². The first-order valence-electron chi connectivity index (χ1n) is 5.78. The molecule has 0 aliphatic rings. The van der Waals surface area contributed by atoms with Gasteiger partial charge in [-0.25, -0.2) is 4.79 Å². The van der Waals surface area contributed by atoms with Crippen molar-refractivity contribution >= 4 is 5.97 Å². The molecule has 0 saturated heterocycles. The minimum absolute atomic E-state index is 0.105. The van der Waals surface area contributed by atoms with Crippen LogP contribution in [0.4, 0.5) is 13.2 Å². The summed E-state index contributed by atoms with van der Waals surface area (Å²) in [7, 11) is 2.68. The molecule has 0 saturated carbocycles. The van der Waals surface area contributed by atoms with Crippen LogP contribution in [0, 0.1) is 0 Å². The van der Waals surface area contributed by atoms with Gasteiger partial charge in [0.05, 0.1) is 19.9 Å². The number of nitrogens with zero attached hydrogens (tertiary/aromatic N) is 1. The molecular formula is C12H15F3N2O4. The highest BCUT2D eigenvalue weighted by Crippen LogP contribution is 2.33. The topological polar surface area (TPSA) is 80.7 Å². The minimum Gasteiger partial charge on any atom is -0.493 e. The Morgan fingerprint density at radius 2 is 2.00 bits per heavy atom. The molecule has 9 heteroatoms. The number of carbonyl (C=O) groups is 1. The first-order chi connectivity index (χ1) is 9.67. The quantitative estimate of drug-likeness (QED) is 0.831. The van der Waals surface area contributed by atoms with Crippen molar-refractivity contribution in [1.82, 2.24) is 10.3 Å². The summed E-state index contributed by atoms with van der Waals surface area (Å²) in [5, 5.41) is 10.8. The van der Waals surface area contributed by atoms with E-state index in [0.29, 0.717) is 6.92 Å². The molecule has 1 rings (SSSR count). The van der Waals surface area contributed by atoms with E-state index in [0.717, 1.165) is 0 Å². The number of rotatable bonds is 6. The summed E-state index contributed by atoms with van der Waals surface area (Å²) in [4.78, 5) is 14.8. The van der Waals surface area contributed by atoms with E-state index >= 15 is 0 Å².